The van der Waals surface area contributed by atoms with E-state index >= 15 is 0 Å². The lowest BCUT2D eigenvalue weighted by Crippen LogP contribution is -2.40. The number of carbonyl (C=O) groups is 2. The Balaban J connectivity index is 1.72. The summed E-state index contributed by atoms with van der Waals surface area (Å²) >= 11 is 0. The second-order valence-corrected chi connectivity index (χ2v) is 7.13. The van der Waals surface area contributed by atoms with Crippen LogP contribution in [0.4, 0.5) is 0 Å². The summed E-state index contributed by atoms with van der Waals surface area (Å²) in [6.45, 7) is 4.12. The quantitative estimate of drug-likeness (QED) is 0.381. The van der Waals surface area contributed by atoms with Crippen LogP contribution in [0.5, 0.6) is 0 Å². The van der Waals surface area contributed by atoms with E-state index in [1.165, 1.54) is 12.5 Å². The number of unbranched alkanes of at least 4 members (excludes halogenated alkanes) is 1. The van der Waals surface area contributed by atoms with Crippen LogP contribution >= 0.6 is 0 Å². The molecule has 1 unspecified atom stereocenters. The Kier molecular flexibility index (Phi) is 6.61. The molecule has 1 aliphatic heterocycles. The van der Waals surface area contributed by atoms with Gasteiger partial charge in [0.05, 0.1) is 6.61 Å². The van der Waals surface area contributed by atoms with Crippen molar-refractivity contribution in [2.24, 2.45) is 0 Å². The number of aryl methyl sites for hydroxylation is 1. The molecule has 0 saturated heterocycles. The molecule has 0 saturated carbocycles. The first-order valence-corrected chi connectivity index (χ1v) is 9.83. The molecule has 1 aliphatic rings. The van der Waals surface area contributed by atoms with E-state index in [0.29, 0.717) is 16.7 Å². The Morgan fingerprint density at radius 2 is 1.97 bits per heavy atom. The number of amides is 1. The van der Waals surface area contributed by atoms with E-state index in [1.807, 2.05) is 24.3 Å². The number of fused-ring (bicyclic) bond motifs is 1. The molecule has 7 nitrogen and oxygen atoms in total. The Labute approximate surface area is 170 Å². The van der Waals surface area contributed by atoms with Crippen molar-refractivity contribution in [3.05, 3.63) is 65.0 Å². The number of ether oxygens (including phenoxy) is 2. The van der Waals surface area contributed by atoms with Crippen LogP contribution < -0.4 is 9.88 Å². The molecule has 154 valence electrons. The number of rotatable bonds is 9. The van der Waals surface area contributed by atoms with Crippen molar-refractivity contribution in [2.45, 2.75) is 45.6 Å². The summed E-state index contributed by atoms with van der Waals surface area (Å²) in [5, 5.41) is 13.9. The van der Waals surface area contributed by atoms with Gasteiger partial charge in [-0.1, -0.05) is 37.6 Å². The minimum Gasteiger partial charge on any atom is -0.463 e. The Bertz CT molecular complexity index is 881. The van der Waals surface area contributed by atoms with Crippen molar-refractivity contribution in [1.29, 1.82) is 0 Å². The molecule has 7 heteroatoms. The predicted molar refractivity (Wildman–Crippen MR) is 105 cm³/mol. The molecule has 2 aromatic rings. The first kappa shape index (κ1) is 21.0. The lowest BCUT2D eigenvalue weighted by Gasteiger charge is -2.24. The van der Waals surface area contributed by atoms with E-state index in [1.54, 1.807) is 23.0 Å². The molecule has 0 fully saturated rings. The molecule has 2 heterocycles. The van der Waals surface area contributed by atoms with Crippen LogP contribution in [0.3, 0.4) is 0 Å². The molecule has 1 amide bonds. The number of hydrogen-bond acceptors (Lipinski definition) is 5. The number of nitrogens with one attached hydrogen (secondary N) is 1. The van der Waals surface area contributed by atoms with Gasteiger partial charge in [0.2, 0.25) is 0 Å². The van der Waals surface area contributed by atoms with Gasteiger partial charge >= 0.3 is 5.97 Å². The fourth-order valence-corrected chi connectivity index (χ4v) is 3.35. The molecular formula is C22H27N2O5+. The summed E-state index contributed by atoms with van der Waals surface area (Å²) in [5.41, 5.74) is 1.19. The molecule has 1 aromatic carbocycles. The third kappa shape index (κ3) is 4.81. The largest absolute Gasteiger partial charge is 0.463 e. The highest BCUT2D eigenvalue weighted by Crippen LogP contribution is 2.34. The zero-order valence-corrected chi connectivity index (χ0v) is 16.8. The molecule has 0 aliphatic carbocycles. The molecule has 1 atom stereocenters. The topological polar surface area (TPSA) is 88.7 Å². The van der Waals surface area contributed by atoms with Gasteiger partial charge in [-0.25, -0.2) is 0 Å². The van der Waals surface area contributed by atoms with Crippen LogP contribution in [-0.4, -0.2) is 30.2 Å². The number of carbonyl (C=O) groups excluding carboxylic acids is 2. The fraction of sp³-hybridized carbons (Fsp3) is 0.409. The van der Waals surface area contributed by atoms with Crippen LogP contribution in [0.25, 0.3) is 0 Å². The number of aliphatic hydroxyl groups is 1. The van der Waals surface area contributed by atoms with Crippen molar-refractivity contribution in [1.82, 2.24) is 5.32 Å². The van der Waals surface area contributed by atoms with Crippen LogP contribution in [0.2, 0.25) is 0 Å². The molecule has 0 spiro atoms. The Morgan fingerprint density at radius 1 is 1.21 bits per heavy atom. The van der Waals surface area contributed by atoms with Gasteiger partial charge < -0.3 is 19.9 Å². The number of hydrogen-bond donors (Lipinski definition) is 2. The second kappa shape index (κ2) is 9.15. The molecule has 2 N–H and O–H groups in total. The minimum absolute atomic E-state index is 0.176. The number of aromatic nitrogens is 1. The number of benzene rings is 1. The van der Waals surface area contributed by atoms with Gasteiger partial charge in [-0.15, -0.1) is 0 Å². The van der Waals surface area contributed by atoms with Crippen molar-refractivity contribution >= 4 is 11.9 Å². The lowest BCUT2D eigenvalue weighted by molar-refractivity contribution is -0.732. The van der Waals surface area contributed by atoms with Crippen molar-refractivity contribution in [2.75, 3.05) is 13.2 Å². The van der Waals surface area contributed by atoms with Gasteiger partial charge in [-0.2, -0.15) is 4.57 Å². The van der Waals surface area contributed by atoms with E-state index in [4.69, 9.17) is 9.47 Å². The molecule has 29 heavy (non-hydrogen) atoms. The van der Waals surface area contributed by atoms with Crippen LogP contribution in [-0.2, 0) is 33.1 Å². The molecule has 1 aromatic heterocycles. The van der Waals surface area contributed by atoms with Gasteiger partial charge in [0.25, 0.3) is 12.6 Å². The van der Waals surface area contributed by atoms with Crippen LogP contribution in [0, 0.1) is 0 Å². The Hall–Kier alpha value is -2.77. The fourth-order valence-electron chi connectivity index (χ4n) is 3.35. The third-order valence-electron chi connectivity index (χ3n) is 4.91. The summed E-state index contributed by atoms with van der Waals surface area (Å²) in [6, 6.07) is 9.42. The van der Waals surface area contributed by atoms with E-state index < -0.39 is 5.72 Å². The highest BCUT2D eigenvalue weighted by Gasteiger charge is 2.44. The summed E-state index contributed by atoms with van der Waals surface area (Å²) in [6.07, 6.45) is 6.62. The normalized spacial score (nSPS) is 17.7. The molecule has 3 rings (SSSR count). The monoisotopic (exact) mass is 399 g/mol. The maximum atomic E-state index is 12.5. The van der Waals surface area contributed by atoms with Gasteiger partial charge in [0.15, 0.2) is 18.1 Å². The summed E-state index contributed by atoms with van der Waals surface area (Å²) in [5.74, 6) is -0.694. The van der Waals surface area contributed by atoms with Crippen molar-refractivity contribution < 1.29 is 28.7 Å². The molecule has 0 radical (unpaired) electrons. The zero-order chi connectivity index (χ0) is 20.9. The summed E-state index contributed by atoms with van der Waals surface area (Å²) in [7, 11) is 0. The highest BCUT2D eigenvalue weighted by molar-refractivity contribution is 5.99. The van der Waals surface area contributed by atoms with E-state index in [9.17, 15) is 14.7 Å². The lowest BCUT2D eigenvalue weighted by atomic mass is 9.94. The SMILES string of the molecule is CCCCc1ccc(C2(O)NC(=O)c3c[n+](COCCOC(C)=O)ccc32)cc1. The third-order valence-corrected chi connectivity index (χ3v) is 4.91. The average Bonchev–Trinajstić information content (AvgIpc) is 2.97. The second-order valence-electron chi connectivity index (χ2n) is 7.13. The van der Waals surface area contributed by atoms with Gasteiger partial charge in [0, 0.05) is 24.1 Å². The summed E-state index contributed by atoms with van der Waals surface area (Å²) < 4.78 is 11.9. The minimum atomic E-state index is -1.55. The van der Waals surface area contributed by atoms with Gasteiger partial charge in [0.1, 0.15) is 12.2 Å². The zero-order valence-electron chi connectivity index (χ0n) is 16.8. The van der Waals surface area contributed by atoms with Crippen LogP contribution in [0.15, 0.2) is 42.7 Å². The van der Waals surface area contributed by atoms with E-state index in [0.717, 1.165) is 19.3 Å². The average molecular weight is 399 g/mol. The van der Waals surface area contributed by atoms with Crippen molar-refractivity contribution in [3.8, 4) is 0 Å². The predicted octanol–water partition coefficient (Wildman–Crippen LogP) is 1.79. The van der Waals surface area contributed by atoms with E-state index in [-0.39, 0.29) is 31.8 Å². The smallest absolute Gasteiger partial charge is 0.302 e. The van der Waals surface area contributed by atoms with Crippen molar-refractivity contribution in [3.63, 3.8) is 0 Å². The van der Waals surface area contributed by atoms with E-state index in [2.05, 4.69) is 12.2 Å². The van der Waals surface area contributed by atoms with Gasteiger partial charge in [-0.3, -0.25) is 9.59 Å². The standard InChI is InChI=1S/C22H26N2O5/c1-3-4-5-17-6-8-18(9-7-17)22(27)20-10-11-24(14-19(20)21(26)23-22)15-28-12-13-29-16(2)25/h6-11,14,27H,3-5,12-13,15H2,1-2H3/p+1. The summed E-state index contributed by atoms with van der Waals surface area (Å²) in [4.78, 5) is 23.2. The maximum Gasteiger partial charge on any atom is 0.302 e. The first-order valence-electron chi connectivity index (χ1n) is 9.83. The maximum absolute atomic E-state index is 12.5. The molecule has 0 bridgehead atoms. The highest BCUT2D eigenvalue weighted by atomic mass is 16.6. The number of nitrogens with zero attached hydrogens (tertiary/aromatic N) is 1. The van der Waals surface area contributed by atoms with Gasteiger partial charge in [-0.05, 0) is 18.4 Å². The first-order chi connectivity index (χ1) is 13.9. The number of pyridine rings is 1. The molecular weight excluding hydrogens is 372 g/mol. The van der Waals surface area contributed by atoms with Crippen LogP contribution in [0.1, 0.15) is 53.7 Å². The Morgan fingerprint density at radius 3 is 2.66 bits per heavy atom. The number of esters is 1.